The topological polar surface area (TPSA) is 81.0 Å². The van der Waals surface area contributed by atoms with Gasteiger partial charge < -0.3 is 19.6 Å². The Balaban J connectivity index is -0.000000366. The van der Waals surface area contributed by atoms with Gasteiger partial charge in [0.1, 0.15) is 0 Å². The fraction of sp³-hybridized carbons (Fsp3) is 1.00. The quantitative estimate of drug-likeness (QED) is 0.571. The molecule has 0 fully saturated rings. The van der Waals surface area contributed by atoms with Gasteiger partial charge in [-0.3, -0.25) is 4.70 Å². The van der Waals surface area contributed by atoms with Gasteiger partial charge in [0.2, 0.25) is 0 Å². The van der Waals surface area contributed by atoms with Crippen LogP contribution < -0.4 is 0 Å². The summed E-state index contributed by atoms with van der Waals surface area (Å²) >= 11 is 0. The first-order valence-electron chi connectivity index (χ1n) is 6.85. The predicted molar refractivity (Wildman–Crippen MR) is 77.9 cm³/mol. The second-order valence-electron chi connectivity index (χ2n) is 4.42. The third kappa shape index (κ3) is 32.0. The first-order valence-corrected chi connectivity index (χ1v) is 8.42. The first-order chi connectivity index (χ1) is 8.35. The number of hydrogen-bond acceptors (Lipinski definition) is 2. The normalized spacial score (nSPS) is 10.7. The average molecular weight is 303 g/mol. The van der Waals surface area contributed by atoms with E-state index in [0.717, 1.165) is 0 Å². The Bertz CT molecular complexity index is 187. The van der Waals surface area contributed by atoms with Gasteiger partial charge in [0.05, 0.1) is 0 Å². The molecule has 0 saturated carbocycles. The summed E-state index contributed by atoms with van der Waals surface area (Å²) in [5.74, 6) is 0. The minimum absolute atomic E-state index is 0. The highest BCUT2D eigenvalue weighted by Gasteiger charge is 2.02. The molecule has 5 nitrogen and oxygen atoms in total. The van der Waals surface area contributed by atoms with E-state index in [1.807, 2.05) is 0 Å². The average Bonchev–Trinajstić information content (AvgIpc) is 2.26. The maximum atomic E-state index is 8.88. The van der Waals surface area contributed by atoms with Crippen LogP contribution in [0.5, 0.6) is 0 Å². The lowest BCUT2D eigenvalue weighted by molar-refractivity contribution is 0.261. The van der Waals surface area contributed by atoms with Crippen molar-refractivity contribution in [1.29, 1.82) is 0 Å². The van der Waals surface area contributed by atoms with Crippen LogP contribution in [0, 0.1) is 0 Å². The fourth-order valence-electron chi connectivity index (χ4n) is 1.48. The smallest absolute Gasteiger partial charge is 0.303 e. The Morgan fingerprint density at radius 2 is 1.00 bits per heavy atom. The summed E-state index contributed by atoms with van der Waals surface area (Å²) in [6, 6.07) is 0. The monoisotopic (exact) mass is 303 g/mol. The molecule has 7 heteroatoms. The number of nitrogens with zero attached hydrogens (tertiary/aromatic N) is 1. The van der Waals surface area contributed by atoms with Crippen molar-refractivity contribution >= 4 is 7.82 Å². The van der Waals surface area contributed by atoms with E-state index in [1.54, 1.807) is 0 Å². The van der Waals surface area contributed by atoms with Crippen LogP contribution in [0.3, 0.4) is 0 Å². The van der Waals surface area contributed by atoms with Crippen molar-refractivity contribution < 1.29 is 23.9 Å². The van der Waals surface area contributed by atoms with Gasteiger partial charge in [0.25, 0.3) is 0 Å². The van der Waals surface area contributed by atoms with E-state index in [4.69, 9.17) is 19.2 Å². The minimum atomic E-state index is -4.64. The van der Waals surface area contributed by atoms with Gasteiger partial charge in [0, 0.05) is 0 Å². The minimum Gasteiger partial charge on any atom is -0.303 e. The largest absolute Gasteiger partial charge is 0.466 e. The highest BCUT2D eigenvalue weighted by molar-refractivity contribution is 7.45. The SMILES string of the molecule is CCCCN(CCCC)CCCC.F.O=P(O)(O)O. The molecule has 120 valence electrons. The van der Waals surface area contributed by atoms with Crippen molar-refractivity contribution in [3.63, 3.8) is 0 Å². The van der Waals surface area contributed by atoms with Crippen molar-refractivity contribution in [2.24, 2.45) is 0 Å². The second kappa shape index (κ2) is 16.1. The standard InChI is InChI=1S/C12H27N.FH.H3O4P/c1-4-7-10-13(11-8-5-2)12-9-6-3;;1-5(2,3)4/h4-12H2,1-3H3;1H;(H3,1,2,3,4). The van der Waals surface area contributed by atoms with Gasteiger partial charge in [-0.05, 0) is 38.9 Å². The van der Waals surface area contributed by atoms with Crippen LogP contribution in [0.1, 0.15) is 59.3 Å². The lowest BCUT2D eigenvalue weighted by atomic mass is 10.2. The van der Waals surface area contributed by atoms with E-state index < -0.39 is 7.82 Å². The van der Waals surface area contributed by atoms with E-state index in [-0.39, 0.29) is 4.70 Å². The molecule has 0 aliphatic rings. The summed E-state index contributed by atoms with van der Waals surface area (Å²) in [5, 5.41) is 0. The van der Waals surface area contributed by atoms with Crippen molar-refractivity contribution in [1.82, 2.24) is 4.90 Å². The summed E-state index contributed by atoms with van der Waals surface area (Å²) in [7, 11) is -4.64. The fourth-order valence-corrected chi connectivity index (χ4v) is 1.48. The highest BCUT2D eigenvalue weighted by Crippen LogP contribution is 2.25. The highest BCUT2D eigenvalue weighted by atomic mass is 31.2. The Morgan fingerprint density at radius 3 is 1.16 bits per heavy atom. The number of unbranched alkanes of at least 4 members (excludes halogenated alkanes) is 3. The second-order valence-corrected chi connectivity index (χ2v) is 5.44. The lowest BCUT2D eigenvalue weighted by Gasteiger charge is -2.21. The predicted octanol–water partition coefficient (Wildman–Crippen LogP) is 2.91. The number of halogens is 1. The Labute approximate surface area is 116 Å². The summed E-state index contributed by atoms with van der Waals surface area (Å²) in [4.78, 5) is 24.2. The van der Waals surface area contributed by atoms with E-state index in [1.165, 1.54) is 58.2 Å². The lowest BCUT2D eigenvalue weighted by Crippen LogP contribution is -2.27. The van der Waals surface area contributed by atoms with E-state index in [2.05, 4.69) is 25.7 Å². The van der Waals surface area contributed by atoms with Crippen LogP contribution in [0.4, 0.5) is 4.70 Å². The molecule has 0 amide bonds. The maximum absolute atomic E-state index is 8.88. The summed E-state index contributed by atoms with van der Waals surface area (Å²) < 4.78 is 8.88. The molecule has 19 heavy (non-hydrogen) atoms. The molecule has 0 heterocycles. The van der Waals surface area contributed by atoms with Crippen LogP contribution in [-0.2, 0) is 4.57 Å². The Morgan fingerprint density at radius 1 is 0.789 bits per heavy atom. The van der Waals surface area contributed by atoms with Crippen LogP contribution in [0.25, 0.3) is 0 Å². The molecule has 0 atom stereocenters. The molecule has 0 aromatic rings. The van der Waals surface area contributed by atoms with Gasteiger partial charge in [-0.15, -0.1) is 0 Å². The molecule has 0 aliphatic carbocycles. The van der Waals surface area contributed by atoms with E-state index in [0.29, 0.717) is 0 Å². The Kier molecular flexibility index (Phi) is 20.3. The first kappa shape index (κ1) is 24.0. The third-order valence-electron chi connectivity index (χ3n) is 2.48. The molecule has 0 aromatic carbocycles. The number of hydrogen-bond donors (Lipinski definition) is 3. The van der Waals surface area contributed by atoms with Crippen LogP contribution >= 0.6 is 7.82 Å². The zero-order valence-corrected chi connectivity index (χ0v) is 13.3. The third-order valence-corrected chi connectivity index (χ3v) is 2.48. The molecular formula is C12H31FNO4P. The van der Waals surface area contributed by atoms with E-state index in [9.17, 15) is 0 Å². The molecule has 0 spiro atoms. The molecule has 0 saturated heterocycles. The molecule has 0 rings (SSSR count). The molecule has 0 radical (unpaired) electrons. The Hall–Kier alpha value is -0.0000000000000000694. The zero-order valence-electron chi connectivity index (χ0n) is 12.4. The molecule has 0 bridgehead atoms. The van der Waals surface area contributed by atoms with Crippen molar-refractivity contribution in [2.75, 3.05) is 19.6 Å². The van der Waals surface area contributed by atoms with Crippen LogP contribution in [-0.4, -0.2) is 39.2 Å². The van der Waals surface area contributed by atoms with Crippen molar-refractivity contribution in [2.45, 2.75) is 59.3 Å². The van der Waals surface area contributed by atoms with E-state index >= 15 is 0 Å². The van der Waals surface area contributed by atoms with Gasteiger partial charge >= 0.3 is 7.82 Å². The summed E-state index contributed by atoms with van der Waals surface area (Å²) in [6.07, 6.45) is 8.09. The van der Waals surface area contributed by atoms with Crippen molar-refractivity contribution in [3.05, 3.63) is 0 Å². The van der Waals surface area contributed by atoms with Gasteiger partial charge in [-0.25, -0.2) is 4.57 Å². The van der Waals surface area contributed by atoms with Gasteiger partial charge in [-0.2, -0.15) is 0 Å². The van der Waals surface area contributed by atoms with Crippen LogP contribution in [0.15, 0.2) is 0 Å². The van der Waals surface area contributed by atoms with Gasteiger partial charge in [-0.1, -0.05) is 40.0 Å². The molecule has 3 N–H and O–H groups in total. The van der Waals surface area contributed by atoms with Crippen LogP contribution in [0.2, 0.25) is 0 Å². The maximum Gasteiger partial charge on any atom is 0.466 e. The molecule has 0 aliphatic heterocycles. The van der Waals surface area contributed by atoms with Crippen molar-refractivity contribution in [3.8, 4) is 0 Å². The summed E-state index contributed by atoms with van der Waals surface area (Å²) in [6.45, 7) is 10.8. The number of rotatable bonds is 9. The molecule has 0 unspecified atom stereocenters. The molecule has 0 aromatic heterocycles. The summed E-state index contributed by atoms with van der Waals surface area (Å²) in [5.41, 5.74) is 0. The molecular weight excluding hydrogens is 272 g/mol. The zero-order chi connectivity index (χ0) is 14.4. The van der Waals surface area contributed by atoms with Gasteiger partial charge in [0.15, 0.2) is 0 Å². The number of phosphoric acid groups is 1.